The van der Waals surface area contributed by atoms with Crippen LogP contribution in [-0.2, 0) is 7.05 Å². The molecule has 0 aromatic carbocycles. The van der Waals surface area contributed by atoms with Gasteiger partial charge in [-0.3, -0.25) is 9.67 Å². The first-order valence-electron chi connectivity index (χ1n) is 10.3. The summed E-state index contributed by atoms with van der Waals surface area (Å²) in [5.41, 5.74) is 2.67. The summed E-state index contributed by atoms with van der Waals surface area (Å²) < 4.78 is 1.86. The lowest BCUT2D eigenvalue weighted by Crippen LogP contribution is -2.44. The molecule has 7 heteroatoms. The Bertz CT molecular complexity index is 967. The largest absolute Gasteiger partial charge is 0.356 e. The van der Waals surface area contributed by atoms with Gasteiger partial charge in [-0.2, -0.15) is 5.10 Å². The highest BCUT2D eigenvalue weighted by Gasteiger charge is 2.29. The third-order valence-electron chi connectivity index (χ3n) is 6.15. The van der Waals surface area contributed by atoms with Crippen molar-refractivity contribution in [2.24, 2.45) is 7.05 Å². The van der Waals surface area contributed by atoms with E-state index in [-0.39, 0.29) is 0 Å². The first-order valence-corrected chi connectivity index (χ1v) is 10.3. The maximum Gasteiger partial charge on any atom is 0.182 e. The Kier molecular flexibility index (Phi) is 4.47. The van der Waals surface area contributed by atoms with Crippen LogP contribution in [0.3, 0.4) is 0 Å². The molecule has 0 amide bonds. The highest BCUT2D eigenvalue weighted by atomic mass is 15.3. The van der Waals surface area contributed by atoms with Crippen LogP contribution in [0.25, 0.3) is 22.6 Å². The van der Waals surface area contributed by atoms with E-state index in [2.05, 4.69) is 19.9 Å². The van der Waals surface area contributed by atoms with Crippen LogP contribution in [-0.4, -0.2) is 61.9 Å². The van der Waals surface area contributed by atoms with E-state index in [9.17, 15) is 0 Å². The van der Waals surface area contributed by atoms with Crippen LogP contribution in [0.4, 0.5) is 5.82 Å². The van der Waals surface area contributed by atoms with Crippen molar-refractivity contribution in [3.63, 3.8) is 0 Å². The molecule has 0 radical (unpaired) electrons. The molecule has 146 valence electrons. The number of anilines is 1. The number of piperidine rings is 1. The Morgan fingerprint density at radius 3 is 2.50 bits per heavy atom. The van der Waals surface area contributed by atoms with Crippen molar-refractivity contribution in [1.29, 1.82) is 0 Å². The zero-order valence-corrected chi connectivity index (χ0v) is 16.7. The number of pyridine rings is 1. The summed E-state index contributed by atoms with van der Waals surface area (Å²) in [6, 6.07) is 6.58. The Morgan fingerprint density at radius 1 is 1.00 bits per heavy atom. The quantitative estimate of drug-likeness (QED) is 0.699. The maximum absolute atomic E-state index is 4.98. The van der Waals surface area contributed by atoms with Crippen LogP contribution in [0, 0.1) is 6.92 Å². The van der Waals surface area contributed by atoms with Crippen LogP contribution in [0.1, 0.15) is 31.4 Å². The maximum atomic E-state index is 4.98. The molecule has 5 heterocycles. The Labute approximate surface area is 165 Å². The summed E-state index contributed by atoms with van der Waals surface area (Å²) in [7, 11) is 1.95. The third-order valence-corrected chi connectivity index (χ3v) is 6.15. The number of nitrogens with zero attached hydrogens (tertiary/aromatic N) is 7. The summed E-state index contributed by atoms with van der Waals surface area (Å²) in [5, 5.41) is 5.69. The van der Waals surface area contributed by atoms with Gasteiger partial charge in [-0.25, -0.2) is 9.97 Å². The van der Waals surface area contributed by atoms with Crippen LogP contribution in [0.15, 0.2) is 24.4 Å². The number of hydrogen-bond donors (Lipinski definition) is 0. The lowest BCUT2D eigenvalue weighted by atomic mass is 10.0. The van der Waals surface area contributed by atoms with E-state index in [1.54, 1.807) is 6.20 Å². The molecule has 2 fully saturated rings. The van der Waals surface area contributed by atoms with Gasteiger partial charge in [-0.1, -0.05) is 6.07 Å². The number of aryl methyl sites for hydroxylation is 2. The average Bonchev–Trinajstić information content (AvgIpc) is 3.37. The topological polar surface area (TPSA) is 63.0 Å². The zero-order valence-electron chi connectivity index (χ0n) is 16.7. The highest BCUT2D eigenvalue weighted by Crippen LogP contribution is 2.32. The molecule has 0 unspecified atom stereocenters. The predicted molar refractivity (Wildman–Crippen MR) is 110 cm³/mol. The number of rotatable bonds is 3. The normalized spacial score (nSPS) is 19.0. The van der Waals surface area contributed by atoms with Crippen LogP contribution in [0.5, 0.6) is 0 Å². The van der Waals surface area contributed by atoms with Gasteiger partial charge in [0.2, 0.25) is 0 Å². The van der Waals surface area contributed by atoms with Gasteiger partial charge in [0.05, 0.1) is 11.1 Å². The van der Waals surface area contributed by atoms with E-state index < -0.39 is 0 Å². The van der Waals surface area contributed by atoms with E-state index in [4.69, 9.17) is 9.97 Å². The molecule has 3 aromatic rings. The van der Waals surface area contributed by atoms with Crippen molar-refractivity contribution < 1.29 is 0 Å². The second kappa shape index (κ2) is 7.13. The van der Waals surface area contributed by atoms with Crippen molar-refractivity contribution in [3.8, 4) is 11.5 Å². The summed E-state index contributed by atoms with van der Waals surface area (Å²) in [4.78, 5) is 19.3. The number of fused-ring (bicyclic) bond motifs is 1. The van der Waals surface area contributed by atoms with Crippen molar-refractivity contribution in [2.45, 2.75) is 38.6 Å². The Morgan fingerprint density at radius 2 is 1.79 bits per heavy atom. The first kappa shape index (κ1) is 17.6. The average molecular weight is 377 g/mol. The van der Waals surface area contributed by atoms with Crippen LogP contribution < -0.4 is 4.90 Å². The lowest BCUT2D eigenvalue weighted by molar-refractivity contribution is 0.208. The summed E-state index contributed by atoms with van der Waals surface area (Å²) in [6.07, 6.45) is 6.90. The van der Waals surface area contributed by atoms with E-state index in [1.807, 2.05) is 36.9 Å². The fraction of sp³-hybridized carbons (Fsp3) is 0.524. The fourth-order valence-electron chi connectivity index (χ4n) is 4.71. The fourth-order valence-corrected chi connectivity index (χ4v) is 4.71. The number of hydrogen-bond acceptors (Lipinski definition) is 6. The van der Waals surface area contributed by atoms with E-state index >= 15 is 0 Å². The Balaban J connectivity index is 1.51. The van der Waals surface area contributed by atoms with Gasteiger partial charge < -0.3 is 9.80 Å². The smallest absolute Gasteiger partial charge is 0.182 e. The molecule has 0 bridgehead atoms. The second-order valence-corrected chi connectivity index (χ2v) is 7.95. The van der Waals surface area contributed by atoms with Crippen molar-refractivity contribution >= 4 is 16.9 Å². The van der Waals surface area contributed by atoms with Gasteiger partial charge in [0.15, 0.2) is 11.5 Å². The van der Waals surface area contributed by atoms with Gasteiger partial charge in [0.1, 0.15) is 11.5 Å². The standard InChI is InChI=1S/C21H27N7/c1-15-18-20(26(2)25-15)23-19(17-7-3-4-10-22-17)24-21(18)28-13-8-16(9-14-28)27-11-5-6-12-27/h3-4,7,10,16H,5-6,8-9,11-14H2,1-2H3. The molecule has 0 saturated carbocycles. The minimum atomic E-state index is 0.674. The zero-order chi connectivity index (χ0) is 19.1. The molecule has 2 saturated heterocycles. The molecule has 5 rings (SSSR count). The van der Waals surface area contributed by atoms with Crippen LogP contribution in [0.2, 0.25) is 0 Å². The second-order valence-electron chi connectivity index (χ2n) is 7.95. The van der Waals surface area contributed by atoms with E-state index in [1.165, 1.54) is 38.8 Å². The van der Waals surface area contributed by atoms with E-state index in [0.717, 1.165) is 47.4 Å². The minimum absolute atomic E-state index is 0.674. The van der Waals surface area contributed by atoms with Crippen LogP contribution >= 0.6 is 0 Å². The molecule has 2 aliphatic heterocycles. The van der Waals surface area contributed by atoms with Gasteiger partial charge in [0.25, 0.3) is 0 Å². The Hall–Kier alpha value is -2.54. The van der Waals surface area contributed by atoms with Gasteiger partial charge in [0, 0.05) is 32.4 Å². The predicted octanol–water partition coefficient (Wildman–Crippen LogP) is 2.80. The van der Waals surface area contributed by atoms with E-state index in [0.29, 0.717) is 5.82 Å². The molecular weight excluding hydrogens is 350 g/mol. The molecule has 0 aliphatic carbocycles. The highest BCUT2D eigenvalue weighted by molar-refractivity contribution is 5.91. The lowest BCUT2D eigenvalue weighted by Gasteiger charge is -2.37. The summed E-state index contributed by atoms with van der Waals surface area (Å²) in [5.74, 6) is 1.68. The first-order chi connectivity index (χ1) is 13.7. The molecular formula is C21H27N7. The van der Waals surface area contributed by atoms with Crippen molar-refractivity contribution in [3.05, 3.63) is 30.1 Å². The van der Waals surface area contributed by atoms with Crippen molar-refractivity contribution in [1.82, 2.24) is 29.6 Å². The summed E-state index contributed by atoms with van der Waals surface area (Å²) in [6.45, 7) is 6.65. The number of likely N-dealkylation sites (tertiary alicyclic amines) is 1. The molecule has 2 aliphatic rings. The summed E-state index contributed by atoms with van der Waals surface area (Å²) >= 11 is 0. The molecule has 28 heavy (non-hydrogen) atoms. The molecule has 0 atom stereocenters. The van der Waals surface area contributed by atoms with Crippen molar-refractivity contribution in [2.75, 3.05) is 31.1 Å². The van der Waals surface area contributed by atoms with Gasteiger partial charge in [-0.05, 0) is 57.8 Å². The monoisotopic (exact) mass is 377 g/mol. The SMILES string of the molecule is Cc1nn(C)c2nc(-c3ccccn3)nc(N3CCC(N4CCCC4)CC3)c12. The molecule has 0 spiro atoms. The van der Waals surface area contributed by atoms with Gasteiger partial charge >= 0.3 is 0 Å². The molecule has 0 N–H and O–H groups in total. The van der Waals surface area contributed by atoms with Gasteiger partial charge in [-0.15, -0.1) is 0 Å². The third kappa shape index (κ3) is 3.03. The molecule has 3 aromatic heterocycles. The minimum Gasteiger partial charge on any atom is -0.356 e. The number of aromatic nitrogens is 5. The molecule has 7 nitrogen and oxygen atoms in total.